The fourth-order valence-electron chi connectivity index (χ4n) is 2.96. The molecule has 6 nitrogen and oxygen atoms in total. The summed E-state index contributed by atoms with van der Waals surface area (Å²) in [6.07, 6.45) is 5.23. The SMILES string of the molecule is Cc1nc2cc(NC(=O)C3CCn4cncc4C3)ccc2o1. The third-order valence-electron chi connectivity index (χ3n) is 4.11. The van der Waals surface area contributed by atoms with Crippen LogP contribution in [-0.4, -0.2) is 20.4 Å². The van der Waals surface area contributed by atoms with Crippen molar-refractivity contribution in [2.24, 2.45) is 5.92 Å². The number of hydrogen-bond acceptors (Lipinski definition) is 4. The molecule has 1 aliphatic rings. The normalized spacial score (nSPS) is 17.4. The lowest BCUT2D eigenvalue weighted by Gasteiger charge is -2.22. The lowest BCUT2D eigenvalue weighted by molar-refractivity contribution is -0.120. The molecule has 4 rings (SSSR count). The van der Waals surface area contributed by atoms with Gasteiger partial charge in [-0.3, -0.25) is 4.79 Å². The van der Waals surface area contributed by atoms with Gasteiger partial charge in [-0.15, -0.1) is 0 Å². The molecule has 1 aliphatic heterocycles. The Morgan fingerprint density at radius 2 is 2.36 bits per heavy atom. The van der Waals surface area contributed by atoms with Gasteiger partial charge in [-0.05, 0) is 24.6 Å². The van der Waals surface area contributed by atoms with E-state index in [1.54, 1.807) is 0 Å². The number of fused-ring (bicyclic) bond motifs is 2. The van der Waals surface area contributed by atoms with E-state index >= 15 is 0 Å². The summed E-state index contributed by atoms with van der Waals surface area (Å²) >= 11 is 0. The monoisotopic (exact) mass is 296 g/mol. The van der Waals surface area contributed by atoms with Crippen LogP contribution in [0.4, 0.5) is 5.69 Å². The second-order valence-corrected chi connectivity index (χ2v) is 5.67. The number of rotatable bonds is 2. The van der Waals surface area contributed by atoms with Gasteiger partial charge in [-0.2, -0.15) is 0 Å². The smallest absolute Gasteiger partial charge is 0.227 e. The number of aryl methyl sites for hydroxylation is 2. The molecule has 1 N–H and O–H groups in total. The summed E-state index contributed by atoms with van der Waals surface area (Å²) in [6, 6.07) is 5.52. The standard InChI is InChI=1S/C16H16N4O2/c1-10-18-14-7-12(2-3-15(14)22-10)19-16(21)11-4-5-20-9-17-8-13(20)6-11/h2-3,7-9,11H,4-6H2,1H3,(H,19,21). The summed E-state index contributed by atoms with van der Waals surface area (Å²) in [7, 11) is 0. The highest BCUT2D eigenvalue weighted by atomic mass is 16.3. The van der Waals surface area contributed by atoms with Crippen LogP contribution < -0.4 is 5.32 Å². The van der Waals surface area contributed by atoms with Gasteiger partial charge < -0.3 is 14.3 Å². The Morgan fingerprint density at radius 1 is 1.45 bits per heavy atom. The number of carbonyl (C=O) groups excluding carboxylic acids is 1. The van der Waals surface area contributed by atoms with Crippen LogP contribution in [0.25, 0.3) is 11.1 Å². The van der Waals surface area contributed by atoms with Crippen molar-refractivity contribution < 1.29 is 9.21 Å². The minimum atomic E-state index is -0.0149. The molecular weight excluding hydrogens is 280 g/mol. The molecule has 0 spiro atoms. The summed E-state index contributed by atoms with van der Waals surface area (Å²) < 4.78 is 7.55. The number of amides is 1. The largest absolute Gasteiger partial charge is 0.441 e. The third-order valence-corrected chi connectivity index (χ3v) is 4.11. The second kappa shape index (κ2) is 4.98. The topological polar surface area (TPSA) is 73.0 Å². The highest BCUT2D eigenvalue weighted by molar-refractivity contribution is 5.94. The van der Waals surface area contributed by atoms with E-state index in [2.05, 4.69) is 19.9 Å². The van der Waals surface area contributed by atoms with Crippen LogP contribution in [0.2, 0.25) is 0 Å². The van der Waals surface area contributed by atoms with E-state index in [0.717, 1.165) is 41.9 Å². The first-order chi connectivity index (χ1) is 10.7. The van der Waals surface area contributed by atoms with Crippen molar-refractivity contribution in [3.8, 4) is 0 Å². The molecular formula is C16H16N4O2. The van der Waals surface area contributed by atoms with Gasteiger partial charge in [0.1, 0.15) is 5.52 Å². The van der Waals surface area contributed by atoms with Crippen molar-refractivity contribution in [1.29, 1.82) is 0 Å². The number of hydrogen-bond donors (Lipinski definition) is 1. The Labute approximate surface area is 127 Å². The quantitative estimate of drug-likeness (QED) is 0.788. The zero-order valence-electron chi connectivity index (χ0n) is 12.2. The summed E-state index contributed by atoms with van der Waals surface area (Å²) in [4.78, 5) is 20.9. The molecule has 2 aromatic heterocycles. The van der Waals surface area contributed by atoms with Gasteiger partial charge in [-0.1, -0.05) is 0 Å². The van der Waals surface area contributed by atoms with Crippen molar-refractivity contribution in [1.82, 2.24) is 14.5 Å². The van der Waals surface area contributed by atoms with E-state index < -0.39 is 0 Å². The highest BCUT2D eigenvalue weighted by Gasteiger charge is 2.24. The Kier molecular flexibility index (Phi) is 2.96. The van der Waals surface area contributed by atoms with E-state index in [-0.39, 0.29) is 11.8 Å². The second-order valence-electron chi connectivity index (χ2n) is 5.67. The average Bonchev–Trinajstić information content (AvgIpc) is 3.10. The summed E-state index contributed by atoms with van der Waals surface area (Å²) in [6.45, 7) is 2.65. The van der Waals surface area contributed by atoms with Crippen LogP contribution in [0, 0.1) is 12.8 Å². The summed E-state index contributed by atoms with van der Waals surface area (Å²) in [5.41, 5.74) is 3.37. The molecule has 1 atom stereocenters. The number of anilines is 1. The van der Waals surface area contributed by atoms with Crippen molar-refractivity contribution in [3.63, 3.8) is 0 Å². The Balaban J connectivity index is 1.51. The Morgan fingerprint density at radius 3 is 3.27 bits per heavy atom. The predicted octanol–water partition coefficient (Wildman–Crippen LogP) is 2.53. The number of nitrogens with one attached hydrogen (secondary N) is 1. The first-order valence-corrected chi connectivity index (χ1v) is 7.36. The molecule has 0 fully saturated rings. The van der Waals surface area contributed by atoms with Crippen molar-refractivity contribution in [3.05, 3.63) is 42.3 Å². The molecule has 1 aromatic carbocycles. The zero-order chi connectivity index (χ0) is 15.1. The molecule has 0 aliphatic carbocycles. The number of imidazole rings is 1. The Bertz CT molecular complexity index is 849. The molecule has 0 radical (unpaired) electrons. The van der Waals surface area contributed by atoms with Crippen molar-refractivity contribution in [2.45, 2.75) is 26.3 Å². The lowest BCUT2D eigenvalue weighted by atomic mass is 9.95. The minimum absolute atomic E-state index is 0.0149. The molecule has 1 unspecified atom stereocenters. The van der Waals surface area contributed by atoms with Crippen molar-refractivity contribution >= 4 is 22.7 Å². The number of nitrogens with zero attached hydrogens (tertiary/aromatic N) is 3. The first kappa shape index (κ1) is 13.1. The molecule has 6 heteroatoms. The zero-order valence-corrected chi connectivity index (χ0v) is 12.2. The average molecular weight is 296 g/mol. The maximum Gasteiger partial charge on any atom is 0.227 e. The van der Waals surface area contributed by atoms with E-state index in [1.165, 1.54) is 0 Å². The third kappa shape index (κ3) is 2.26. The maximum absolute atomic E-state index is 12.5. The summed E-state index contributed by atoms with van der Waals surface area (Å²) in [5, 5.41) is 2.99. The summed E-state index contributed by atoms with van der Waals surface area (Å²) in [5.74, 6) is 0.657. The van der Waals surface area contributed by atoms with Crippen LogP contribution >= 0.6 is 0 Å². The van der Waals surface area contributed by atoms with E-state index in [4.69, 9.17) is 4.42 Å². The van der Waals surface area contributed by atoms with Gasteiger partial charge in [0.15, 0.2) is 11.5 Å². The van der Waals surface area contributed by atoms with Crippen molar-refractivity contribution in [2.75, 3.05) is 5.32 Å². The van der Waals surface area contributed by atoms with Crippen LogP contribution in [0.1, 0.15) is 18.0 Å². The van der Waals surface area contributed by atoms with Crippen LogP contribution in [0.5, 0.6) is 0 Å². The number of carbonyl (C=O) groups is 1. The molecule has 0 bridgehead atoms. The van der Waals surface area contributed by atoms with E-state index in [0.29, 0.717) is 5.89 Å². The minimum Gasteiger partial charge on any atom is -0.441 e. The molecule has 0 saturated heterocycles. The fraction of sp³-hybridized carbons (Fsp3) is 0.312. The number of aromatic nitrogens is 3. The molecule has 112 valence electrons. The van der Waals surface area contributed by atoms with Crippen LogP contribution in [0.3, 0.4) is 0 Å². The van der Waals surface area contributed by atoms with Gasteiger partial charge in [0, 0.05) is 43.4 Å². The van der Waals surface area contributed by atoms with E-state index in [9.17, 15) is 4.79 Å². The molecule has 22 heavy (non-hydrogen) atoms. The lowest BCUT2D eigenvalue weighted by Crippen LogP contribution is -2.29. The molecule has 0 saturated carbocycles. The van der Waals surface area contributed by atoms with E-state index in [1.807, 2.05) is 37.6 Å². The first-order valence-electron chi connectivity index (χ1n) is 7.36. The van der Waals surface area contributed by atoms with Gasteiger partial charge >= 0.3 is 0 Å². The fourth-order valence-corrected chi connectivity index (χ4v) is 2.96. The number of oxazole rings is 1. The van der Waals surface area contributed by atoms with Gasteiger partial charge in [0.05, 0.1) is 6.33 Å². The Hall–Kier alpha value is -2.63. The number of benzene rings is 1. The van der Waals surface area contributed by atoms with Crippen LogP contribution in [0.15, 0.2) is 35.1 Å². The molecule has 1 amide bonds. The van der Waals surface area contributed by atoms with Crippen LogP contribution in [-0.2, 0) is 17.8 Å². The maximum atomic E-state index is 12.5. The van der Waals surface area contributed by atoms with Gasteiger partial charge in [0.25, 0.3) is 0 Å². The highest BCUT2D eigenvalue weighted by Crippen LogP contribution is 2.23. The van der Waals surface area contributed by atoms with Gasteiger partial charge in [0.2, 0.25) is 5.91 Å². The van der Waals surface area contributed by atoms with Gasteiger partial charge in [-0.25, -0.2) is 9.97 Å². The molecule has 3 heterocycles. The molecule has 3 aromatic rings. The predicted molar refractivity (Wildman–Crippen MR) is 81.4 cm³/mol.